The molecule has 1 aromatic carbocycles. The summed E-state index contributed by atoms with van der Waals surface area (Å²) in [5, 5.41) is 6.61. The molecule has 0 spiro atoms. The van der Waals surface area contributed by atoms with Crippen LogP contribution in [0.15, 0.2) is 48.8 Å². The quantitative estimate of drug-likeness (QED) is 0.572. The summed E-state index contributed by atoms with van der Waals surface area (Å²) in [5.41, 5.74) is 2.53. The maximum absolute atomic E-state index is 5.38. The van der Waals surface area contributed by atoms with E-state index >= 15 is 0 Å². The molecule has 0 atom stereocenters. The fourth-order valence-electron chi connectivity index (χ4n) is 2.71. The van der Waals surface area contributed by atoms with Crippen LogP contribution in [-0.2, 0) is 0 Å². The number of nitrogens with one attached hydrogen (secondary N) is 2. The van der Waals surface area contributed by atoms with Crippen LogP contribution in [0, 0.1) is 0 Å². The predicted molar refractivity (Wildman–Crippen MR) is 115 cm³/mol. The first-order valence-electron chi connectivity index (χ1n) is 9.26. The second kappa shape index (κ2) is 9.70. The molecule has 152 valence electrons. The smallest absolute Gasteiger partial charge is 0.225 e. The first kappa shape index (κ1) is 20.3. The first-order chi connectivity index (χ1) is 14.1. The third-order valence-electron chi connectivity index (χ3n) is 4.18. The van der Waals surface area contributed by atoms with Crippen LogP contribution in [0.1, 0.15) is 0 Å². The van der Waals surface area contributed by atoms with Crippen molar-refractivity contribution >= 4 is 17.5 Å². The molecule has 0 bridgehead atoms. The minimum atomic E-state index is 0.552. The van der Waals surface area contributed by atoms with E-state index in [0.29, 0.717) is 23.3 Å². The van der Waals surface area contributed by atoms with E-state index in [1.165, 1.54) is 0 Å². The van der Waals surface area contributed by atoms with Crippen molar-refractivity contribution in [1.29, 1.82) is 0 Å². The van der Waals surface area contributed by atoms with Gasteiger partial charge in [0, 0.05) is 48.9 Å². The van der Waals surface area contributed by atoms with Crippen LogP contribution in [0.5, 0.6) is 11.5 Å². The van der Waals surface area contributed by atoms with E-state index in [-0.39, 0.29) is 0 Å². The van der Waals surface area contributed by atoms with Gasteiger partial charge in [0.25, 0.3) is 0 Å². The zero-order valence-corrected chi connectivity index (χ0v) is 17.1. The van der Waals surface area contributed by atoms with Crippen molar-refractivity contribution in [2.45, 2.75) is 0 Å². The van der Waals surface area contributed by atoms with Crippen molar-refractivity contribution < 1.29 is 9.47 Å². The van der Waals surface area contributed by atoms with Crippen LogP contribution in [0.4, 0.5) is 17.5 Å². The zero-order chi connectivity index (χ0) is 20.6. The highest BCUT2D eigenvalue weighted by Crippen LogP contribution is 2.31. The van der Waals surface area contributed by atoms with E-state index in [1.54, 1.807) is 26.6 Å². The van der Waals surface area contributed by atoms with E-state index in [4.69, 9.17) is 9.47 Å². The van der Waals surface area contributed by atoms with Gasteiger partial charge in [-0.25, -0.2) is 4.98 Å². The predicted octanol–water partition coefficient (Wildman–Crippen LogP) is 3.27. The fraction of sp³-hybridized carbons (Fsp3) is 0.286. The van der Waals surface area contributed by atoms with Crippen molar-refractivity contribution in [3.8, 4) is 22.8 Å². The molecule has 2 heterocycles. The number of anilines is 3. The summed E-state index contributed by atoms with van der Waals surface area (Å²) in [6.45, 7) is 1.61. The van der Waals surface area contributed by atoms with Gasteiger partial charge in [0.1, 0.15) is 5.82 Å². The Labute approximate surface area is 170 Å². The third-order valence-corrected chi connectivity index (χ3v) is 4.18. The lowest BCUT2D eigenvalue weighted by Crippen LogP contribution is -2.21. The van der Waals surface area contributed by atoms with Crippen molar-refractivity contribution in [3.05, 3.63) is 48.8 Å². The van der Waals surface area contributed by atoms with Gasteiger partial charge in [-0.1, -0.05) is 0 Å². The van der Waals surface area contributed by atoms with E-state index in [9.17, 15) is 0 Å². The SMILES string of the molecule is COc1ccc(Nc2cc(-c3cccnc3)nc(NCCN(C)C)n2)cc1OC. The zero-order valence-electron chi connectivity index (χ0n) is 17.1. The molecule has 3 rings (SSSR count). The third kappa shape index (κ3) is 5.55. The van der Waals surface area contributed by atoms with Crippen molar-refractivity contribution in [2.75, 3.05) is 52.0 Å². The molecule has 8 heteroatoms. The van der Waals surface area contributed by atoms with Crippen molar-refractivity contribution in [3.63, 3.8) is 0 Å². The molecule has 0 aliphatic heterocycles. The number of likely N-dealkylation sites (N-methyl/N-ethyl adjacent to an activating group) is 1. The summed E-state index contributed by atoms with van der Waals surface area (Å²) < 4.78 is 10.7. The summed E-state index contributed by atoms with van der Waals surface area (Å²) >= 11 is 0. The van der Waals surface area contributed by atoms with Gasteiger partial charge in [-0.3, -0.25) is 4.98 Å². The summed E-state index contributed by atoms with van der Waals surface area (Å²) in [6.07, 6.45) is 3.52. The molecule has 8 nitrogen and oxygen atoms in total. The molecule has 29 heavy (non-hydrogen) atoms. The van der Waals surface area contributed by atoms with Crippen LogP contribution in [-0.4, -0.2) is 61.3 Å². The Bertz CT molecular complexity index is 934. The van der Waals surface area contributed by atoms with Gasteiger partial charge in [0.05, 0.1) is 19.9 Å². The average molecular weight is 394 g/mol. The largest absolute Gasteiger partial charge is 0.493 e. The number of hydrogen-bond acceptors (Lipinski definition) is 8. The summed E-state index contributed by atoms with van der Waals surface area (Å²) in [5.74, 6) is 2.53. The average Bonchev–Trinajstić information content (AvgIpc) is 2.74. The number of aromatic nitrogens is 3. The molecule has 0 aliphatic carbocycles. The Morgan fingerprint density at radius 1 is 1.00 bits per heavy atom. The second-order valence-electron chi connectivity index (χ2n) is 6.63. The molecule has 0 amide bonds. The molecule has 0 radical (unpaired) electrons. The number of methoxy groups -OCH3 is 2. The molecule has 0 saturated heterocycles. The lowest BCUT2D eigenvalue weighted by molar-refractivity contribution is 0.355. The molecule has 2 N–H and O–H groups in total. The molecule has 0 saturated carbocycles. The number of nitrogens with zero attached hydrogens (tertiary/aromatic N) is 4. The van der Waals surface area contributed by atoms with Crippen LogP contribution in [0.25, 0.3) is 11.3 Å². The molecule has 0 fully saturated rings. The monoisotopic (exact) mass is 394 g/mol. The number of hydrogen-bond donors (Lipinski definition) is 2. The number of benzene rings is 1. The fourth-order valence-corrected chi connectivity index (χ4v) is 2.71. The molecular formula is C21H26N6O2. The minimum absolute atomic E-state index is 0.552. The molecule has 0 unspecified atom stereocenters. The van der Waals surface area contributed by atoms with Crippen molar-refractivity contribution in [2.24, 2.45) is 0 Å². The van der Waals surface area contributed by atoms with Gasteiger partial charge in [0.2, 0.25) is 5.95 Å². The Morgan fingerprint density at radius 2 is 1.83 bits per heavy atom. The van der Waals surface area contributed by atoms with Crippen LogP contribution in [0.2, 0.25) is 0 Å². The summed E-state index contributed by atoms with van der Waals surface area (Å²) in [7, 11) is 7.28. The maximum atomic E-state index is 5.38. The Kier molecular flexibility index (Phi) is 6.80. The van der Waals surface area contributed by atoms with Gasteiger partial charge in [-0.15, -0.1) is 0 Å². The van der Waals surface area contributed by atoms with Gasteiger partial charge in [-0.05, 0) is 38.4 Å². The highest BCUT2D eigenvalue weighted by Gasteiger charge is 2.10. The topological polar surface area (TPSA) is 84.4 Å². The van der Waals surface area contributed by atoms with E-state index in [1.807, 2.05) is 50.5 Å². The lowest BCUT2D eigenvalue weighted by atomic mass is 10.2. The molecule has 3 aromatic rings. The maximum Gasteiger partial charge on any atom is 0.225 e. The number of rotatable bonds is 9. The standard InChI is InChI=1S/C21H26N6O2/c1-27(2)11-10-23-21-25-17(15-6-5-9-22-14-15)13-20(26-21)24-16-7-8-18(28-3)19(12-16)29-4/h5-9,12-14H,10-11H2,1-4H3,(H2,23,24,25,26). The van der Waals surface area contributed by atoms with Crippen LogP contribution in [0.3, 0.4) is 0 Å². The highest BCUT2D eigenvalue weighted by atomic mass is 16.5. The van der Waals surface area contributed by atoms with Gasteiger partial charge in [0.15, 0.2) is 11.5 Å². The lowest BCUT2D eigenvalue weighted by Gasteiger charge is -2.14. The summed E-state index contributed by atoms with van der Waals surface area (Å²) in [4.78, 5) is 15.5. The normalized spacial score (nSPS) is 10.7. The van der Waals surface area contributed by atoms with E-state index in [0.717, 1.165) is 30.0 Å². The Balaban J connectivity index is 1.90. The highest BCUT2D eigenvalue weighted by molar-refractivity contribution is 5.68. The number of ether oxygens (including phenoxy) is 2. The molecule has 0 aliphatic rings. The molecule has 2 aromatic heterocycles. The number of pyridine rings is 1. The molecular weight excluding hydrogens is 368 g/mol. The second-order valence-corrected chi connectivity index (χ2v) is 6.63. The summed E-state index contributed by atoms with van der Waals surface area (Å²) in [6, 6.07) is 11.4. The Morgan fingerprint density at radius 3 is 2.52 bits per heavy atom. The van der Waals surface area contributed by atoms with Crippen molar-refractivity contribution in [1.82, 2.24) is 19.9 Å². The van der Waals surface area contributed by atoms with Gasteiger partial charge in [-0.2, -0.15) is 4.98 Å². The van der Waals surface area contributed by atoms with Crippen LogP contribution >= 0.6 is 0 Å². The minimum Gasteiger partial charge on any atom is -0.493 e. The Hall–Kier alpha value is -3.39. The van der Waals surface area contributed by atoms with Gasteiger partial charge >= 0.3 is 0 Å². The van der Waals surface area contributed by atoms with Gasteiger partial charge < -0.3 is 25.0 Å². The first-order valence-corrected chi connectivity index (χ1v) is 9.26. The van der Waals surface area contributed by atoms with Crippen LogP contribution < -0.4 is 20.1 Å². The van der Waals surface area contributed by atoms with E-state index in [2.05, 4.69) is 30.5 Å². The van der Waals surface area contributed by atoms with E-state index < -0.39 is 0 Å².